The number of aromatic nitrogens is 3. The van der Waals surface area contributed by atoms with E-state index < -0.39 is 0 Å². The van der Waals surface area contributed by atoms with Crippen molar-refractivity contribution in [2.75, 3.05) is 38.6 Å². The van der Waals surface area contributed by atoms with E-state index in [2.05, 4.69) is 25.2 Å². The first-order valence-corrected chi connectivity index (χ1v) is 9.76. The number of nitrogens with one attached hydrogen (secondary N) is 1. The average Bonchev–Trinajstić information content (AvgIpc) is 3.13. The number of methoxy groups -OCH3 is 1. The highest BCUT2D eigenvalue weighted by atomic mass is 32.1. The van der Waals surface area contributed by atoms with E-state index in [1.165, 1.54) is 43.0 Å². The molecule has 0 atom stereocenters. The van der Waals surface area contributed by atoms with Crippen LogP contribution in [0, 0.1) is 5.82 Å². The smallest absolute Gasteiger partial charge is 0.323 e. The van der Waals surface area contributed by atoms with E-state index in [0.29, 0.717) is 59.6 Å². The van der Waals surface area contributed by atoms with Crippen LogP contribution in [0.25, 0.3) is 10.3 Å². The van der Waals surface area contributed by atoms with Gasteiger partial charge >= 0.3 is 6.03 Å². The Morgan fingerprint density at radius 3 is 2.86 bits per heavy atom. The first-order chi connectivity index (χ1) is 14.0. The second-order valence-corrected chi connectivity index (χ2v) is 7.50. The van der Waals surface area contributed by atoms with Crippen LogP contribution in [-0.2, 0) is 6.54 Å². The zero-order valence-electron chi connectivity index (χ0n) is 15.6. The normalized spacial score (nSPS) is 14.9. The molecule has 1 aromatic carbocycles. The lowest BCUT2D eigenvalue weighted by Crippen LogP contribution is -2.49. The molecule has 152 valence electrons. The Hall–Kier alpha value is -3.05. The summed E-state index contributed by atoms with van der Waals surface area (Å²) in [5.41, 5.74) is 1.04. The lowest BCUT2D eigenvalue weighted by molar-refractivity contribution is 0.142. The van der Waals surface area contributed by atoms with Gasteiger partial charge in [0, 0.05) is 38.3 Å². The van der Waals surface area contributed by atoms with Crippen LogP contribution < -0.4 is 10.1 Å². The van der Waals surface area contributed by atoms with Crippen molar-refractivity contribution >= 4 is 32.8 Å². The third-order valence-corrected chi connectivity index (χ3v) is 5.54. The number of benzene rings is 1. The summed E-state index contributed by atoms with van der Waals surface area (Å²) in [6.45, 7) is 2.67. The van der Waals surface area contributed by atoms with Crippen LogP contribution in [0.4, 0.5) is 14.3 Å². The SMILES string of the molecule is COc1ncnc2sc(NC(=O)N3CCN(Cc4cc(F)ccc4O)CC3)nc12. The third-order valence-electron chi connectivity index (χ3n) is 4.66. The summed E-state index contributed by atoms with van der Waals surface area (Å²) >= 11 is 1.25. The number of phenols is 1. The zero-order chi connectivity index (χ0) is 20.4. The highest BCUT2D eigenvalue weighted by Crippen LogP contribution is 2.29. The number of rotatable bonds is 4. The van der Waals surface area contributed by atoms with Crippen molar-refractivity contribution in [2.24, 2.45) is 0 Å². The van der Waals surface area contributed by atoms with Gasteiger partial charge in [-0.05, 0) is 18.2 Å². The molecule has 2 N–H and O–H groups in total. The van der Waals surface area contributed by atoms with E-state index in [-0.39, 0.29) is 17.6 Å². The number of carbonyl (C=O) groups is 1. The largest absolute Gasteiger partial charge is 0.508 e. The summed E-state index contributed by atoms with van der Waals surface area (Å²) in [5, 5.41) is 13.1. The molecule has 3 aromatic rings. The number of aromatic hydroxyl groups is 1. The first-order valence-electron chi connectivity index (χ1n) is 8.94. The quantitative estimate of drug-likeness (QED) is 0.670. The Labute approximate surface area is 169 Å². The van der Waals surface area contributed by atoms with Crippen LogP contribution in [0.5, 0.6) is 11.6 Å². The van der Waals surface area contributed by atoms with Crippen molar-refractivity contribution in [2.45, 2.75) is 6.54 Å². The standard InChI is InChI=1S/C18H19FN6O3S/c1-28-15-14-16(21-10-20-15)29-17(22-14)23-18(27)25-6-4-24(5-7-25)9-11-8-12(19)2-3-13(11)26/h2-3,8,10,26H,4-7,9H2,1H3,(H,22,23,27). The predicted octanol–water partition coefficient (Wildman–Crippen LogP) is 2.29. The number of hydrogen-bond acceptors (Lipinski definition) is 8. The molecule has 0 aliphatic carbocycles. The zero-order valence-corrected chi connectivity index (χ0v) is 16.4. The van der Waals surface area contributed by atoms with E-state index in [9.17, 15) is 14.3 Å². The molecule has 0 bridgehead atoms. The predicted molar refractivity (Wildman–Crippen MR) is 106 cm³/mol. The molecule has 0 unspecified atom stereocenters. The molecule has 29 heavy (non-hydrogen) atoms. The molecule has 9 nitrogen and oxygen atoms in total. The van der Waals surface area contributed by atoms with Crippen LogP contribution in [0.3, 0.4) is 0 Å². The topological polar surface area (TPSA) is 104 Å². The van der Waals surface area contributed by atoms with Gasteiger partial charge in [0.25, 0.3) is 0 Å². The van der Waals surface area contributed by atoms with E-state index in [4.69, 9.17) is 4.74 Å². The maximum atomic E-state index is 13.4. The number of ether oxygens (including phenoxy) is 1. The number of phenolic OH excluding ortho intramolecular Hbond substituents is 1. The molecular weight excluding hydrogens is 399 g/mol. The van der Waals surface area contributed by atoms with Crippen LogP contribution >= 0.6 is 11.3 Å². The molecule has 1 fully saturated rings. The van der Waals surface area contributed by atoms with Gasteiger partial charge in [-0.15, -0.1) is 0 Å². The summed E-state index contributed by atoms with van der Waals surface area (Å²) < 4.78 is 18.6. The van der Waals surface area contributed by atoms with Gasteiger partial charge in [-0.25, -0.2) is 19.2 Å². The Kier molecular flexibility index (Phi) is 5.41. The number of anilines is 1. The van der Waals surface area contributed by atoms with Gasteiger partial charge < -0.3 is 14.7 Å². The molecule has 0 spiro atoms. The lowest BCUT2D eigenvalue weighted by Gasteiger charge is -2.34. The summed E-state index contributed by atoms with van der Waals surface area (Å²) in [4.78, 5) is 29.4. The van der Waals surface area contributed by atoms with Crippen LogP contribution in [0.1, 0.15) is 5.56 Å². The van der Waals surface area contributed by atoms with Crippen LogP contribution in [0.2, 0.25) is 0 Å². The number of carbonyl (C=O) groups excluding carboxylic acids is 1. The number of thiazole rings is 1. The molecule has 11 heteroatoms. The van der Waals surface area contributed by atoms with Crippen molar-refractivity contribution in [1.29, 1.82) is 0 Å². The van der Waals surface area contributed by atoms with Crippen molar-refractivity contribution in [3.05, 3.63) is 35.9 Å². The van der Waals surface area contributed by atoms with Crippen molar-refractivity contribution in [1.82, 2.24) is 24.8 Å². The van der Waals surface area contributed by atoms with Gasteiger partial charge in [-0.1, -0.05) is 11.3 Å². The maximum Gasteiger partial charge on any atom is 0.323 e. The third kappa shape index (κ3) is 4.20. The van der Waals surface area contributed by atoms with E-state index in [0.717, 1.165) is 0 Å². The van der Waals surface area contributed by atoms with Crippen LogP contribution in [0.15, 0.2) is 24.5 Å². The monoisotopic (exact) mass is 418 g/mol. The molecule has 2 aromatic heterocycles. The van der Waals surface area contributed by atoms with E-state index in [1.54, 1.807) is 4.90 Å². The second-order valence-electron chi connectivity index (χ2n) is 6.52. The molecule has 2 amide bonds. The molecule has 1 aliphatic heterocycles. The van der Waals surface area contributed by atoms with Gasteiger partial charge in [0.2, 0.25) is 5.88 Å². The Morgan fingerprint density at radius 2 is 2.10 bits per heavy atom. The lowest BCUT2D eigenvalue weighted by atomic mass is 10.1. The minimum Gasteiger partial charge on any atom is -0.508 e. The molecule has 3 heterocycles. The number of halogens is 1. The summed E-state index contributed by atoms with van der Waals surface area (Å²) in [5.74, 6) is 0.0508. The van der Waals surface area contributed by atoms with E-state index >= 15 is 0 Å². The summed E-state index contributed by atoms with van der Waals surface area (Å²) in [6, 6.07) is 3.67. The minimum absolute atomic E-state index is 0.0703. The molecule has 0 radical (unpaired) electrons. The van der Waals surface area contributed by atoms with Gasteiger partial charge in [0.05, 0.1) is 7.11 Å². The molecular formula is C18H19FN6O3S. The van der Waals surface area contributed by atoms with Crippen molar-refractivity contribution in [3.8, 4) is 11.6 Å². The van der Waals surface area contributed by atoms with Gasteiger partial charge in [-0.2, -0.15) is 4.98 Å². The first kappa shape index (κ1) is 19.3. The maximum absolute atomic E-state index is 13.4. The Bertz CT molecular complexity index is 1040. The van der Waals surface area contributed by atoms with Gasteiger partial charge in [0.15, 0.2) is 15.5 Å². The highest BCUT2D eigenvalue weighted by molar-refractivity contribution is 7.22. The molecule has 1 saturated heterocycles. The number of urea groups is 1. The molecule has 1 aliphatic rings. The molecule has 0 saturated carbocycles. The summed E-state index contributed by atoms with van der Waals surface area (Å²) in [7, 11) is 1.50. The van der Waals surface area contributed by atoms with Crippen molar-refractivity contribution in [3.63, 3.8) is 0 Å². The van der Waals surface area contributed by atoms with E-state index in [1.807, 2.05) is 0 Å². The fraction of sp³-hybridized carbons (Fsp3) is 0.333. The highest BCUT2D eigenvalue weighted by Gasteiger charge is 2.23. The van der Waals surface area contributed by atoms with Crippen LogP contribution in [-0.4, -0.2) is 69.2 Å². The number of fused-ring (bicyclic) bond motifs is 1. The fourth-order valence-electron chi connectivity index (χ4n) is 3.14. The van der Waals surface area contributed by atoms with Gasteiger partial charge in [0.1, 0.15) is 17.9 Å². The average molecular weight is 418 g/mol. The van der Waals surface area contributed by atoms with Gasteiger partial charge in [-0.3, -0.25) is 10.2 Å². The second kappa shape index (κ2) is 8.13. The number of amides is 2. The minimum atomic E-state index is -0.382. The molecule has 4 rings (SSSR count). The number of nitrogens with zero attached hydrogens (tertiary/aromatic N) is 5. The Morgan fingerprint density at radius 1 is 1.31 bits per heavy atom. The number of piperazine rings is 1. The van der Waals surface area contributed by atoms with Crippen molar-refractivity contribution < 1.29 is 19.0 Å². The number of hydrogen-bond donors (Lipinski definition) is 2. The fourth-order valence-corrected chi connectivity index (χ4v) is 3.93. The summed E-state index contributed by atoms with van der Waals surface area (Å²) in [6.07, 6.45) is 1.39. The Balaban J connectivity index is 1.35.